The van der Waals surface area contributed by atoms with Crippen LogP contribution in [0.15, 0.2) is 66.3 Å². The molecule has 0 radical (unpaired) electrons. The minimum absolute atomic E-state index is 0.0259. The van der Waals surface area contributed by atoms with Gasteiger partial charge in [-0.2, -0.15) is 5.26 Å². The molecule has 2 unspecified atom stereocenters. The fraction of sp³-hybridized carbons (Fsp3) is 0.537. The molecule has 18 heteroatoms. The first-order valence-corrected chi connectivity index (χ1v) is 25.9. The minimum atomic E-state index is -0.986. The Morgan fingerprint density at radius 2 is 1.64 bits per heavy atom. The first-order valence-electron chi connectivity index (χ1n) is 24.6. The molecule has 4 N–H and O–H groups in total. The van der Waals surface area contributed by atoms with Crippen LogP contribution in [0.1, 0.15) is 109 Å². The Bertz CT molecular complexity index is 2640. The van der Waals surface area contributed by atoms with Crippen molar-refractivity contribution in [1.29, 1.82) is 5.26 Å². The van der Waals surface area contributed by atoms with Crippen molar-refractivity contribution in [2.75, 3.05) is 50.8 Å². The van der Waals surface area contributed by atoms with Gasteiger partial charge >= 0.3 is 0 Å². The van der Waals surface area contributed by atoms with E-state index in [1.54, 1.807) is 41.8 Å². The Kier molecular flexibility index (Phi) is 16.1. The number of anilines is 1. The van der Waals surface area contributed by atoms with Crippen LogP contribution in [0, 0.1) is 34.5 Å². The third kappa shape index (κ3) is 12.1. The number of β-amino-alcohol motifs (C(OH)–C–C–N with tert-alkyl or cyclic N) is 1. The van der Waals surface area contributed by atoms with Gasteiger partial charge in [0.1, 0.15) is 42.4 Å². The molecule has 0 bridgehead atoms. The van der Waals surface area contributed by atoms with Crippen LogP contribution >= 0.6 is 22.9 Å². The third-order valence-corrected chi connectivity index (χ3v) is 15.7. The second-order valence-corrected chi connectivity index (χ2v) is 23.7. The molecular formula is C54H70ClN9O7S. The van der Waals surface area contributed by atoms with Crippen LogP contribution in [-0.2, 0) is 19.1 Å². The van der Waals surface area contributed by atoms with Gasteiger partial charge in [-0.25, -0.2) is 9.97 Å². The predicted octanol–water partition coefficient (Wildman–Crippen LogP) is 6.94. The molecule has 16 nitrogen and oxygen atoms in total. The number of aryl methyl sites for hydroxylation is 1. The van der Waals surface area contributed by atoms with Gasteiger partial charge in [-0.1, -0.05) is 84.3 Å². The van der Waals surface area contributed by atoms with Gasteiger partial charge in [0.2, 0.25) is 17.7 Å². The predicted molar refractivity (Wildman–Crippen MR) is 279 cm³/mol. The Morgan fingerprint density at radius 3 is 2.22 bits per heavy atom. The number of nitrogens with one attached hydrogen (secondary N) is 3. The number of piperazine rings is 1. The monoisotopic (exact) mass is 1020 g/mol. The Balaban J connectivity index is 0.862. The average molecular weight is 1020 g/mol. The lowest BCUT2D eigenvalue weighted by molar-refractivity contribution is -0.164. The van der Waals surface area contributed by atoms with E-state index >= 15 is 0 Å². The number of thiazole rings is 1. The summed E-state index contributed by atoms with van der Waals surface area (Å²) in [4.78, 5) is 71.1. The number of pyridine rings is 1. The highest BCUT2D eigenvalue weighted by Crippen LogP contribution is 2.55. The number of rotatable bonds is 16. The molecule has 2 aliphatic heterocycles. The van der Waals surface area contributed by atoms with Crippen LogP contribution < -0.4 is 25.6 Å². The average Bonchev–Trinajstić information content (AvgIpc) is 3.95. The fourth-order valence-electron chi connectivity index (χ4n) is 10.7. The van der Waals surface area contributed by atoms with Crippen molar-refractivity contribution in [2.24, 2.45) is 16.2 Å². The smallest absolute Gasteiger partial charge is 0.253 e. The molecule has 4 aromatic rings. The van der Waals surface area contributed by atoms with E-state index in [1.807, 2.05) is 84.3 Å². The highest BCUT2D eigenvalue weighted by atomic mass is 35.5. The number of benzene rings is 2. The summed E-state index contributed by atoms with van der Waals surface area (Å²) in [5.41, 5.74) is 3.32. The van der Waals surface area contributed by atoms with Gasteiger partial charge in [-0.3, -0.25) is 24.1 Å². The van der Waals surface area contributed by atoms with E-state index in [0.29, 0.717) is 41.5 Å². The normalized spacial score (nSPS) is 21.7. The van der Waals surface area contributed by atoms with Gasteiger partial charge in [0.15, 0.2) is 0 Å². The van der Waals surface area contributed by atoms with Gasteiger partial charge in [0.05, 0.1) is 50.0 Å². The lowest BCUT2D eigenvalue weighted by Gasteiger charge is -2.63. The fourth-order valence-corrected chi connectivity index (χ4v) is 11.7. The molecule has 3 aliphatic rings. The quantitative estimate of drug-likeness (QED) is 0.0903. The molecule has 0 spiro atoms. The van der Waals surface area contributed by atoms with E-state index in [-0.39, 0.29) is 49.6 Å². The number of carbonyl (C=O) groups is 4. The zero-order valence-electron chi connectivity index (χ0n) is 43.3. The largest absolute Gasteiger partial charge is 0.489 e. The van der Waals surface area contributed by atoms with Gasteiger partial charge in [0, 0.05) is 74.8 Å². The molecule has 2 aromatic carbocycles. The molecule has 4 atom stereocenters. The number of ether oxygens (including phenoxy) is 2. The van der Waals surface area contributed by atoms with Crippen LogP contribution in [0.4, 0.5) is 5.82 Å². The Labute approximate surface area is 432 Å². The maximum atomic E-state index is 14.3. The molecule has 1 saturated carbocycles. The van der Waals surface area contributed by atoms with E-state index in [4.69, 9.17) is 21.1 Å². The maximum absolute atomic E-state index is 14.3. The summed E-state index contributed by atoms with van der Waals surface area (Å²) in [6, 6.07) is 16.3. The molecule has 2 aromatic heterocycles. The number of nitrogens with zero attached hydrogens (tertiary/aromatic N) is 6. The summed E-state index contributed by atoms with van der Waals surface area (Å²) in [5, 5.41) is 29.5. The molecular weight excluding hydrogens is 954 g/mol. The van der Waals surface area contributed by atoms with Crippen LogP contribution in [0.3, 0.4) is 0 Å². The van der Waals surface area contributed by atoms with Crippen LogP contribution in [0.25, 0.3) is 10.4 Å². The van der Waals surface area contributed by atoms with Crippen LogP contribution in [-0.4, -0.2) is 130 Å². The molecule has 7 rings (SSSR count). The molecule has 2 saturated heterocycles. The Hall–Kier alpha value is -5.64. The highest BCUT2D eigenvalue weighted by Gasteiger charge is 2.64. The SMILES string of the molecule is Cc1ncsc1-c1ccc([C@H](C)NC(=O)C2C[C@@H](O)CN2C(=O)C(NC(=O)COC(C)(C)CN2CCN(c3ccc(C(=O)N[C@H]4C(C)(C)[C@H](Oc5ccc(C#N)c(Cl)c5)C4(C)C)cn3)CC2)C(C)(C)C)cc1. The summed E-state index contributed by atoms with van der Waals surface area (Å²) in [6.07, 6.45) is 0.583. The lowest BCUT2D eigenvalue weighted by Crippen LogP contribution is -2.74. The van der Waals surface area contributed by atoms with Crippen molar-refractivity contribution >= 4 is 52.4 Å². The second kappa shape index (κ2) is 21.4. The van der Waals surface area contributed by atoms with E-state index in [9.17, 15) is 29.5 Å². The molecule has 1 aliphatic carbocycles. The van der Waals surface area contributed by atoms with Gasteiger partial charge < -0.3 is 40.3 Å². The van der Waals surface area contributed by atoms with E-state index in [1.165, 1.54) is 4.90 Å². The zero-order chi connectivity index (χ0) is 52.5. The standard InChI is InChI=1S/C54H70ClN9O7S/c1-32(34-12-14-35(15-13-34)44-33(2)58-31-72-44)59-47(68)41-24-38(65)28-64(41)48(69)45(51(3,4)5)60-43(66)29-70-52(6,7)30-62-20-22-63(23-21-62)42-19-17-37(27-57-42)46(67)61-49-53(8,9)50(54(49,10)11)71-39-18-16-36(26-56)40(55)25-39/h12-19,25,27,31-32,38,41,45,49-50,65H,20-24,28-30H2,1-11H3,(H,59,68)(H,60,66)(H,61,67)/t32-,38+,41?,45?,49-,50-/m0/s1. The number of aromatic nitrogens is 2. The summed E-state index contributed by atoms with van der Waals surface area (Å²) < 4.78 is 12.6. The van der Waals surface area contributed by atoms with Gasteiger partial charge in [0.25, 0.3) is 5.91 Å². The number of aliphatic hydroxyl groups is 1. The Morgan fingerprint density at radius 1 is 0.958 bits per heavy atom. The molecule has 386 valence electrons. The van der Waals surface area contributed by atoms with Crippen molar-refractivity contribution in [3.8, 4) is 22.3 Å². The van der Waals surface area contributed by atoms with Gasteiger partial charge in [-0.15, -0.1) is 11.3 Å². The van der Waals surface area contributed by atoms with E-state index in [0.717, 1.165) is 40.6 Å². The molecule has 4 amide bonds. The first kappa shape index (κ1) is 54.1. The number of hydrogen-bond donors (Lipinski definition) is 4. The van der Waals surface area contributed by atoms with Gasteiger partial charge in [-0.05, 0) is 68.5 Å². The number of likely N-dealkylation sites (tertiary alicyclic amines) is 1. The maximum Gasteiger partial charge on any atom is 0.253 e. The summed E-state index contributed by atoms with van der Waals surface area (Å²) in [6.45, 7) is 24.6. The van der Waals surface area contributed by atoms with Crippen molar-refractivity contribution in [1.82, 2.24) is 35.7 Å². The number of amides is 4. The first-order chi connectivity index (χ1) is 33.8. The van der Waals surface area contributed by atoms with Crippen molar-refractivity contribution < 1.29 is 33.8 Å². The van der Waals surface area contributed by atoms with E-state index < -0.39 is 51.8 Å². The summed E-state index contributed by atoms with van der Waals surface area (Å²) in [5.74, 6) is -0.144. The third-order valence-electron chi connectivity index (χ3n) is 14.4. The van der Waals surface area contributed by atoms with Crippen molar-refractivity contribution in [3.05, 3.63) is 93.7 Å². The van der Waals surface area contributed by atoms with Crippen molar-refractivity contribution in [2.45, 2.75) is 125 Å². The minimum Gasteiger partial charge on any atom is -0.489 e. The second-order valence-electron chi connectivity index (χ2n) is 22.4. The van der Waals surface area contributed by atoms with E-state index in [2.05, 4.69) is 69.5 Å². The summed E-state index contributed by atoms with van der Waals surface area (Å²) >= 11 is 7.84. The van der Waals surface area contributed by atoms with Crippen LogP contribution in [0.5, 0.6) is 5.75 Å². The number of halogens is 1. The zero-order valence-corrected chi connectivity index (χ0v) is 44.9. The highest BCUT2D eigenvalue weighted by molar-refractivity contribution is 7.13. The number of nitriles is 1. The molecule has 72 heavy (non-hydrogen) atoms. The van der Waals surface area contributed by atoms with Crippen LogP contribution in [0.2, 0.25) is 5.02 Å². The summed E-state index contributed by atoms with van der Waals surface area (Å²) in [7, 11) is 0. The topological polar surface area (TPSA) is 202 Å². The molecule has 4 heterocycles. The van der Waals surface area contributed by atoms with Crippen molar-refractivity contribution in [3.63, 3.8) is 0 Å². The lowest BCUT2D eigenvalue weighted by atomic mass is 9.49. The molecule has 3 fully saturated rings. The number of aliphatic hydroxyl groups excluding tert-OH is 1. The number of carbonyl (C=O) groups excluding carboxylic acids is 4. The number of hydrogen-bond acceptors (Lipinski definition) is 13.